The number of carboxylic acids is 1. The van der Waals surface area contributed by atoms with E-state index in [4.69, 9.17) is 5.11 Å². The second-order valence-corrected chi connectivity index (χ2v) is 4.90. The summed E-state index contributed by atoms with van der Waals surface area (Å²) in [4.78, 5) is 23.3. The number of hydrogen-bond acceptors (Lipinski definition) is 2. The zero-order valence-electron chi connectivity index (χ0n) is 11.2. The molecule has 1 aliphatic carbocycles. The van der Waals surface area contributed by atoms with E-state index in [2.05, 4.69) is 12.2 Å². The predicted molar refractivity (Wildman–Crippen MR) is 70.1 cm³/mol. The standard InChI is InChI=1S/C14H23NO3/c1-3-7-10(4-2)15-13(16)11-8-5-6-9-12(11)14(17)18/h5-6,10-12H,3-4,7-9H2,1-2H3,(H,15,16)(H,17,18)/t10?,11-,12+/m1/s1. The Kier molecular flexibility index (Phi) is 5.89. The molecule has 0 aromatic heterocycles. The second-order valence-electron chi connectivity index (χ2n) is 4.90. The van der Waals surface area contributed by atoms with Gasteiger partial charge in [-0.25, -0.2) is 0 Å². The SMILES string of the molecule is CCCC(CC)NC(=O)[C@@H]1CC=CC[C@@H]1C(=O)O. The fourth-order valence-corrected chi connectivity index (χ4v) is 2.41. The van der Waals surface area contributed by atoms with Crippen LogP contribution in [-0.2, 0) is 9.59 Å². The Morgan fingerprint density at radius 2 is 1.89 bits per heavy atom. The van der Waals surface area contributed by atoms with Crippen molar-refractivity contribution in [2.24, 2.45) is 11.8 Å². The predicted octanol–water partition coefficient (Wildman–Crippen LogP) is 2.35. The van der Waals surface area contributed by atoms with Gasteiger partial charge in [-0.15, -0.1) is 0 Å². The number of aliphatic carboxylic acids is 1. The van der Waals surface area contributed by atoms with Gasteiger partial charge in [0.2, 0.25) is 5.91 Å². The molecule has 0 aromatic carbocycles. The minimum Gasteiger partial charge on any atom is -0.481 e. The van der Waals surface area contributed by atoms with Crippen molar-refractivity contribution < 1.29 is 14.7 Å². The molecule has 0 aromatic rings. The number of hydrogen-bond donors (Lipinski definition) is 2. The zero-order valence-corrected chi connectivity index (χ0v) is 11.2. The number of allylic oxidation sites excluding steroid dienone is 2. The fourth-order valence-electron chi connectivity index (χ4n) is 2.41. The summed E-state index contributed by atoms with van der Waals surface area (Å²) < 4.78 is 0. The highest BCUT2D eigenvalue weighted by molar-refractivity contribution is 5.85. The van der Waals surface area contributed by atoms with E-state index in [-0.39, 0.29) is 11.9 Å². The summed E-state index contributed by atoms with van der Waals surface area (Å²) in [5, 5.41) is 12.1. The minimum atomic E-state index is -0.872. The van der Waals surface area contributed by atoms with Gasteiger partial charge in [-0.3, -0.25) is 9.59 Å². The molecule has 0 heterocycles. The lowest BCUT2D eigenvalue weighted by molar-refractivity contribution is -0.147. The van der Waals surface area contributed by atoms with Crippen LogP contribution in [0.2, 0.25) is 0 Å². The van der Waals surface area contributed by atoms with Crippen LogP contribution in [0.5, 0.6) is 0 Å². The number of amides is 1. The molecule has 4 heteroatoms. The second kappa shape index (κ2) is 7.19. The van der Waals surface area contributed by atoms with E-state index in [1.165, 1.54) is 0 Å². The molecule has 3 atom stereocenters. The first-order valence-electron chi connectivity index (χ1n) is 6.78. The van der Waals surface area contributed by atoms with E-state index in [1.54, 1.807) is 0 Å². The van der Waals surface area contributed by atoms with E-state index >= 15 is 0 Å². The molecular weight excluding hydrogens is 230 g/mol. The quantitative estimate of drug-likeness (QED) is 0.714. The molecule has 1 rings (SSSR count). The Bertz CT molecular complexity index is 325. The van der Waals surface area contributed by atoms with Gasteiger partial charge < -0.3 is 10.4 Å². The third-order valence-corrected chi connectivity index (χ3v) is 3.56. The first-order chi connectivity index (χ1) is 8.60. The Balaban J connectivity index is 2.63. The molecule has 0 saturated carbocycles. The van der Waals surface area contributed by atoms with Crippen molar-refractivity contribution >= 4 is 11.9 Å². The van der Waals surface area contributed by atoms with Crippen LogP contribution in [0.3, 0.4) is 0 Å². The summed E-state index contributed by atoms with van der Waals surface area (Å²) in [5.74, 6) is -1.97. The van der Waals surface area contributed by atoms with E-state index in [0.717, 1.165) is 19.3 Å². The van der Waals surface area contributed by atoms with Gasteiger partial charge in [0.1, 0.15) is 0 Å². The van der Waals surface area contributed by atoms with Crippen molar-refractivity contribution in [2.45, 2.75) is 52.0 Å². The molecule has 0 saturated heterocycles. The van der Waals surface area contributed by atoms with Crippen molar-refractivity contribution in [3.05, 3.63) is 12.2 Å². The zero-order chi connectivity index (χ0) is 13.5. The lowest BCUT2D eigenvalue weighted by Crippen LogP contribution is -2.43. The third kappa shape index (κ3) is 3.86. The number of nitrogens with one attached hydrogen (secondary N) is 1. The van der Waals surface area contributed by atoms with Crippen LogP contribution < -0.4 is 5.32 Å². The maximum absolute atomic E-state index is 12.1. The van der Waals surface area contributed by atoms with Crippen molar-refractivity contribution in [3.63, 3.8) is 0 Å². The van der Waals surface area contributed by atoms with Crippen molar-refractivity contribution in [3.8, 4) is 0 Å². The minimum absolute atomic E-state index is 0.105. The van der Waals surface area contributed by atoms with Crippen molar-refractivity contribution in [1.82, 2.24) is 5.32 Å². The Labute approximate surface area is 108 Å². The molecule has 0 fully saturated rings. The molecule has 18 heavy (non-hydrogen) atoms. The maximum Gasteiger partial charge on any atom is 0.307 e. The number of rotatable bonds is 6. The smallest absolute Gasteiger partial charge is 0.307 e. The van der Waals surface area contributed by atoms with E-state index in [1.807, 2.05) is 19.1 Å². The van der Waals surface area contributed by atoms with Gasteiger partial charge in [0, 0.05) is 6.04 Å². The van der Waals surface area contributed by atoms with Crippen LogP contribution >= 0.6 is 0 Å². The maximum atomic E-state index is 12.1. The van der Waals surface area contributed by atoms with Crippen LogP contribution in [0.25, 0.3) is 0 Å². The molecule has 4 nitrogen and oxygen atoms in total. The molecule has 0 bridgehead atoms. The van der Waals surface area contributed by atoms with Gasteiger partial charge in [-0.1, -0.05) is 32.4 Å². The highest BCUT2D eigenvalue weighted by Gasteiger charge is 2.34. The first-order valence-corrected chi connectivity index (χ1v) is 6.78. The first kappa shape index (κ1) is 14.7. The van der Waals surface area contributed by atoms with E-state index in [0.29, 0.717) is 12.8 Å². The average molecular weight is 253 g/mol. The summed E-state index contributed by atoms with van der Waals surface area (Å²) in [6.07, 6.45) is 7.61. The monoisotopic (exact) mass is 253 g/mol. The van der Waals surface area contributed by atoms with Crippen LogP contribution in [-0.4, -0.2) is 23.0 Å². The average Bonchev–Trinajstić information content (AvgIpc) is 2.38. The molecule has 1 amide bonds. The third-order valence-electron chi connectivity index (χ3n) is 3.56. The van der Waals surface area contributed by atoms with E-state index in [9.17, 15) is 9.59 Å². The molecule has 102 valence electrons. The summed E-state index contributed by atoms with van der Waals surface area (Å²) in [6.45, 7) is 4.12. The fraction of sp³-hybridized carbons (Fsp3) is 0.714. The largest absolute Gasteiger partial charge is 0.481 e. The molecular formula is C14H23NO3. The van der Waals surface area contributed by atoms with Crippen LogP contribution in [0.15, 0.2) is 12.2 Å². The van der Waals surface area contributed by atoms with Crippen molar-refractivity contribution in [2.75, 3.05) is 0 Å². The normalized spacial score (nSPS) is 24.6. The van der Waals surface area contributed by atoms with Gasteiger partial charge in [0.05, 0.1) is 11.8 Å². The van der Waals surface area contributed by atoms with Gasteiger partial charge in [0.25, 0.3) is 0 Å². The van der Waals surface area contributed by atoms with Crippen molar-refractivity contribution in [1.29, 1.82) is 0 Å². The Hall–Kier alpha value is -1.32. The summed E-state index contributed by atoms with van der Waals surface area (Å²) in [7, 11) is 0. The lowest BCUT2D eigenvalue weighted by Gasteiger charge is -2.26. The van der Waals surface area contributed by atoms with Gasteiger partial charge in [-0.05, 0) is 25.7 Å². The highest BCUT2D eigenvalue weighted by Crippen LogP contribution is 2.26. The summed E-state index contributed by atoms with van der Waals surface area (Å²) in [5.41, 5.74) is 0. The number of carboxylic acid groups (broad SMARTS) is 1. The molecule has 0 radical (unpaired) electrons. The lowest BCUT2D eigenvalue weighted by atomic mass is 9.82. The summed E-state index contributed by atoms with van der Waals surface area (Å²) in [6, 6.07) is 0.169. The highest BCUT2D eigenvalue weighted by atomic mass is 16.4. The number of carbonyl (C=O) groups is 2. The van der Waals surface area contributed by atoms with Gasteiger partial charge in [0.15, 0.2) is 0 Å². The molecule has 1 aliphatic rings. The molecule has 2 N–H and O–H groups in total. The topological polar surface area (TPSA) is 66.4 Å². The van der Waals surface area contributed by atoms with Crippen LogP contribution in [0.4, 0.5) is 0 Å². The van der Waals surface area contributed by atoms with Gasteiger partial charge >= 0.3 is 5.97 Å². The molecule has 0 aliphatic heterocycles. The number of carbonyl (C=O) groups excluding carboxylic acids is 1. The van der Waals surface area contributed by atoms with E-state index < -0.39 is 17.8 Å². The van der Waals surface area contributed by atoms with Gasteiger partial charge in [-0.2, -0.15) is 0 Å². The van der Waals surface area contributed by atoms with Crippen LogP contribution in [0, 0.1) is 11.8 Å². The molecule has 1 unspecified atom stereocenters. The van der Waals surface area contributed by atoms with Crippen LogP contribution in [0.1, 0.15) is 46.0 Å². The molecule has 0 spiro atoms. The Morgan fingerprint density at radius 3 is 2.39 bits per heavy atom. The summed E-state index contributed by atoms with van der Waals surface area (Å²) >= 11 is 0. The Morgan fingerprint density at radius 1 is 1.28 bits per heavy atom.